The van der Waals surface area contributed by atoms with Crippen molar-refractivity contribution in [3.05, 3.63) is 65.7 Å². The molecule has 0 bridgehead atoms. The van der Waals surface area contributed by atoms with Crippen molar-refractivity contribution in [2.75, 3.05) is 19.0 Å². The molecule has 0 amide bonds. The van der Waals surface area contributed by atoms with Crippen LogP contribution < -0.4 is 10.1 Å². The van der Waals surface area contributed by atoms with Gasteiger partial charge in [0.1, 0.15) is 5.75 Å². The summed E-state index contributed by atoms with van der Waals surface area (Å²) in [6.45, 7) is 2.30. The van der Waals surface area contributed by atoms with Gasteiger partial charge >= 0.3 is 5.97 Å². The van der Waals surface area contributed by atoms with Gasteiger partial charge in [-0.15, -0.1) is 0 Å². The summed E-state index contributed by atoms with van der Waals surface area (Å²) in [4.78, 5) is 11.5. The van der Waals surface area contributed by atoms with Crippen LogP contribution in [0.2, 0.25) is 0 Å². The second-order valence-corrected chi connectivity index (χ2v) is 6.84. The number of anilines is 1. The number of rotatable bonds is 7. The highest BCUT2D eigenvalue weighted by Crippen LogP contribution is 2.23. The third-order valence-electron chi connectivity index (χ3n) is 3.26. The van der Waals surface area contributed by atoms with E-state index >= 15 is 0 Å². The van der Waals surface area contributed by atoms with Gasteiger partial charge in [0, 0.05) is 11.9 Å². The summed E-state index contributed by atoms with van der Waals surface area (Å²) in [6, 6.07) is 14.7. The van der Waals surface area contributed by atoms with Crippen molar-refractivity contribution in [1.82, 2.24) is 0 Å². The van der Waals surface area contributed by atoms with E-state index in [1.165, 1.54) is 24.3 Å². The second kappa shape index (κ2) is 8.34. The van der Waals surface area contributed by atoms with Crippen LogP contribution >= 0.6 is 0 Å². The topological polar surface area (TPSA) is 81.7 Å². The lowest BCUT2D eigenvalue weighted by Gasteiger charge is -2.10. The Bertz CT molecular complexity index is 843. The molecule has 0 saturated heterocycles. The first kappa shape index (κ1) is 18.5. The van der Waals surface area contributed by atoms with E-state index in [1.807, 2.05) is 13.0 Å². The molecule has 25 heavy (non-hydrogen) atoms. The Balaban J connectivity index is 2.36. The molecular weight excluding hydrogens is 342 g/mol. The fraction of sp³-hybridized carbons (Fsp3) is 0.167. The summed E-state index contributed by atoms with van der Waals surface area (Å²) in [6.07, 6.45) is 1.13. The molecule has 0 aliphatic carbocycles. The molecule has 2 rings (SSSR count). The smallest absolute Gasteiger partial charge is 0.351 e. The maximum Gasteiger partial charge on any atom is 0.351 e. The highest BCUT2D eigenvalue weighted by Gasteiger charge is 2.28. The third-order valence-corrected chi connectivity index (χ3v) is 5.02. The minimum Gasteiger partial charge on any atom is -0.494 e. The van der Waals surface area contributed by atoms with Gasteiger partial charge in [0.05, 0.1) is 18.6 Å². The Labute approximate surface area is 147 Å². The number of hydrogen-bond acceptors (Lipinski definition) is 6. The lowest BCUT2D eigenvalue weighted by molar-refractivity contribution is -0.135. The van der Waals surface area contributed by atoms with Gasteiger partial charge in [-0.1, -0.05) is 18.2 Å². The number of carbonyl (C=O) groups is 1. The molecule has 0 aliphatic rings. The van der Waals surface area contributed by atoms with Crippen LogP contribution in [0.25, 0.3) is 0 Å². The molecule has 0 aliphatic heterocycles. The molecule has 7 heteroatoms. The molecule has 0 spiro atoms. The van der Waals surface area contributed by atoms with E-state index in [-0.39, 0.29) is 4.90 Å². The summed E-state index contributed by atoms with van der Waals surface area (Å²) in [5.41, 5.74) is 0.644. The van der Waals surface area contributed by atoms with E-state index in [2.05, 4.69) is 10.1 Å². The average Bonchev–Trinajstić information content (AvgIpc) is 2.63. The molecule has 1 N–H and O–H groups in total. The van der Waals surface area contributed by atoms with Gasteiger partial charge in [-0.25, -0.2) is 13.2 Å². The Kier molecular flexibility index (Phi) is 6.19. The third kappa shape index (κ3) is 4.60. The number of hydrogen-bond donors (Lipinski definition) is 1. The summed E-state index contributed by atoms with van der Waals surface area (Å²) in [5.74, 6) is -0.398. The standard InChI is InChI=1S/C18H19NO5S/c1-3-24-15-9-11-16(12-10-15)25(21,22)17(18(20)23-2)13-19-14-7-5-4-6-8-14/h4-13,19H,3H2,1-2H3. The van der Waals surface area contributed by atoms with Gasteiger partial charge in [0.2, 0.25) is 9.84 Å². The van der Waals surface area contributed by atoms with Crippen LogP contribution in [0.15, 0.2) is 70.6 Å². The normalized spacial score (nSPS) is 11.7. The Morgan fingerprint density at radius 2 is 1.72 bits per heavy atom. The molecule has 0 atom stereocenters. The number of ether oxygens (including phenoxy) is 2. The molecule has 6 nitrogen and oxygen atoms in total. The fourth-order valence-corrected chi connectivity index (χ4v) is 3.30. The predicted molar refractivity (Wildman–Crippen MR) is 95.0 cm³/mol. The van der Waals surface area contributed by atoms with Gasteiger partial charge < -0.3 is 14.8 Å². The molecule has 0 unspecified atom stereocenters. The highest BCUT2D eigenvalue weighted by atomic mass is 32.2. The van der Waals surface area contributed by atoms with Crippen molar-refractivity contribution in [2.24, 2.45) is 0 Å². The number of nitrogens with one attached hydrogen (secondary N) is 1. The summed E-state index contributed by atoms with van der Waals surface area (Å²) in [7, 11) is -2.91. The van der Waals surface area contributed by atoms with Crippen LogP contribution in [-0.2, 0) is 19.4 Å². The van der Waals surface area contributed by atoms with Crippen molar-refractivity contribution < 1.29 is 22.7 Å². The van der Waals surface area contributed by atoms with Crippen LogP contribution in [0.4, 0.5) is 5.69 Å². The number of benzene rings is 2. The first-order valence-corrected chi connectivity index (χ1v) is 9.05. The fourth-order valence-electron chi connectivity index (χ4n) is 2.04. The van der Waals surface area contributed by atoms with Crippen molar-refractivity contribution in [3.63, 3.8) is 0 Å². The average molecular weight is 361 g/mol. The van der Waals surface area contributed by atoms with E-state index < -0.39 is 20.7 Å². The van der Waals surface area contributed by atoms with Crippen molar-refractivity contribution in [2.45, 2.75) is 11.8 Å². The number of para-hydroxylation sites is 1. The van der Waals surface area contributed by atoms with Crippen molar-refractivity contribution in [3.8, 4) is 5.75 Å². The minimum absolute atomic E-state index is 0.0255. The van der Waals surface area contributed by atoms with Gasteiger partial charge in [-0.05, 0) is 43.3 Å². The molecule has 132 valence electrons. The lowest BCUT2D eigenvalue weighted by Crippen LogP contribution is -2.17. The first-order valence-electron chi connectivity index (χ1n) is 7.57. The Hall–Kier alpha value is -2.80. The van der Waals surface area contributed by atoms with Crippen molar-refractivity contribution >= 4 is 21.5 Å². The molecule has 0 fully saturated rings. The molecule has 2 aromatic carbocycles. The van der Waals surface area contributed by atoms with Crippen LogP contribution in [0.1, 0.15) is 6.92 Å². The maximum atomic E-state index is 12.8. The molecule has 0 radical (unpaired) electrons. The van der Waals surface area contributed by atoms with Gasteiger partial charge in [-0.2, -0.15) is 0 Å². The van der Waals surface area contributed by atoms with Crippen LogP contribution in [0.3, 0.4) is 0 Å². The van der Waals surface area contributed by atoms with E-state index in [0.717, 1.165) is 13.3 Å². The molecule has 0 saturated carbocycles. The van der Waals surface area contributed by atoms with E-state index in [1.54, 1.807) is 24.3 Å². The zero-order chi connectivity index (χ0) is 18.3. The first-order chi connectivity index (χ1) is 12.0. The van der Waals surface area contributed by atoms with Crippen molar-refractivity contribution in [1.29, 1.82) is 0 Å². The lowest BCUT2D eigenvalue weighted by atomic mass is 10.3. The minimum atomic E-state index is -4.05. The molecule has 2 aromatic rings. The van der Waals surface area contributed by atoms with Crippen LogP contribution in [0.5, 0.6) is 5.75 Å². The SMILES string of the molecule is CCOc1ccc(S(=O)(=O)C(=CNc2ccccc2)C(=O)OC)cc1. The second-order valence-electron chi connectivity index (χ2n) is 4.92. The van der Waals surface area contributed by atoms with Crippen LogP contribution in [-0.4, -0.2) is 28.1 Å². The number of sulfone groups is 1. The Morgan fingerprint density at radius 3 is 2.28 bits per heavy atom. The van der Waals surface area contributed by atoms with Gasteiger partial charge in [0.15, 0.2) is 4.91 Å². The Morgan fingerprint density at radius 1 is 1.08 bits per heavy atom. The summed E-state index contributed by atoms with van der Waals surface area (Å²) >= 11 is 0. The zero-order valence-corrected chi connectivity index (χ0v) is 14.7. The van der Waals surface area contributed by atoms with Crippen LogP contribution in [0, 0.1) is 0 Å². The predicted octanol–water partition coefficient (Wildman–Crippen LogP) is 2.99. The molecule has 0 aromatic heterocycles. The quantitative estimate of drug-likeness (QED) is 0.603. The molecule has 0 heterocycles. The number of carbonyl (C=O) groups excluding carboxylic acids is 1. The number of methoxy groups -OCH3 is 1. The maximum absolute atomic E-state index is 12.8. The monoisotopic (exact) mass is 361 g/mol. The zero-order valence-electron chi connectivity index (χ0n) is 13.9. The largest absolute Gasteiger partial charge is 0.494 e. The van der Waals surface area contributed by atoms with Gasteiger partial charge in [-0.3, -0.25) is 0 Å². The van der Waals surface area contributed by atoms with E-state index in [9.17, 15) is 13.2 Å². The summed E-state index contributed by atoms with van der Waals surface area (Å²) in [5, 5.41) is 2.80. The highest BCUT2D eigenvalue weighted by molar-refractivity contribution is 7.96. The molecular formula is C18H19NO5S. The van der Waals surface area contributed by atoms with E-state index in [4.69, 9.17) is 4.74 Å². The van der Waals surface area contributed by atoms with Gasteiger partial charge in [0.25, 0.3) is 0 Å². The number of esters is 1. The summed E-state index contributed by atoms with van der Waals surface area (Å²) < 4.78 is 35.5. The van der Waals surface area contributed by atoms with E-state index in [0.29, 0.717) is 18.0 Å².